The Kier molecular flexibility index (Phi) is 6.70. The number of amides is 1. The highest BCUT2D eigenvalue weighted by atomic mass is 32.2. The van der Waals surface area contributed by atoms with E-state index in [0.29, 0.717) is 30.8 Å². The predicted molar refractivity (Wildman–Crippen MR) is 109 cm³/mol. The topological polar surface area (TPSA) is 75.7 Å². The smallest absolute Gasteiger partial charge is 0.251 e. The molecule has 1 aliphatic rings. The Balaban J connectivity index is 1.50. The molecule has 1 amide bonds. The highest BCUT2D eigenvalue weighted by Gasteiger charge is 2.25. The lowest BCUT2D eigenvalue weighted by Crippen LogP contribution is -2.29. The average molecular weight is 403 g/mol. The van der Waals surface area contributed by atoms with Crippen LogP contribution in [0.2, 0.25) is 0 Å². The van der Waals surface area contributed by atoms with Gasteiger partial charge in [-0.1, -0.05) is 24.3 Å². The molecule has 7 heteroatoms. The Morgan fingerprint density at radius 2 is 1.61 bits per heavy atom. The first-order valence-electron chi connectivity index (χ1n) is 9.46. The molecule has 6 nitrogen and oxygen atoms in total. The molecule has 150 valence electrons. The van der Waals surface area contributed by atoms with Gasteiger partial charge in [0.05, 0.1) is 12.9 Å². The number of methoxy groups -OCH3 is 1. The molecular weight excluding hydrogens is 376 g/mol. The van der Waals surface area contributed by atoms with E-state index in [4.69, 9.17) is 4.74 Å². The molecule has 28 heavy (non-hydrogen) atoms. The van der Waals surface area contributed by atoms with E-state index in [1.54, 1.807) is 35.7 Å². The number of nitrogens with zero attached hydrogens (tertiary/aromatic N) is 1. The standard InChI is InChI=1S/C21H26N2O4S/c1-27-20-10-6-17(7-11-20)12-13-22-21(24)19-8-4-18(5-9-19)16-28(25,26)23-14-2-3-15-23/h4-11H,2-3,12-16H2,1H3,(H,22,24). The minimum atomic E-state index is -3.27. The number of hydrogen-bond donors (Lipinski definition) is 1. The maximum atomic E-state index is 12.4. The highest BCUT2D eigenvalue weighted by molar-refractivity contribution is 7.88. The number of hydrogen-bond acceptors (Lipinski definition) is 4. The molecule has 0 spiro atoms. The molecule has 1 heterocycles. The third-order valence-corrected chi connectivity index (χ3v) is 6.73. The third-order valence-electron chi connectivity index (χ3n) is 4.88. The fraction of sp³-hybridized carbons (Fsp3) is 0.381. The molecule has 0 unspecified atom stereocenters. The average Bonchev–Trinajstić information content (AvgIpc) is 3.25. The summed E-state index contributed by atoms with van der Waals surface area (Å²) in [7, 11) is -1.64. The molecule has 2 aromatic carbocycles. The molecule has 0 radical (unpaired) electrons. The zero-order chi connectivity index (χ0) is 20.0. The fourth-order valence-electron chi connectivity index (χ4n) is 3.24. The Morgan fingerprint density at radius 3 is 2.21 bits per heavy atom. The summed E-state index contributed by atoms with van der Waals surface area (Å²) in [6.45, 7) is 1.74. The molecule has 0 aromatic heterocycles. The molecule has 1 fully saturated rings. The molecule has 1 aliphatic heterocycles. The van der Waals surface area contributed by atoms with Gasteiger partial charge in [-0.2, -0.15) is 0 Å². The summed E-state index contributed by atoms with van der Waals surface area (Å²) >= 11 is 0. The van der Waals surface area contributed by atoms with Gasteiger partial charge in [0.15, 0.2) is 0 Å². The van der Waals surface area contributed by atoms with Crippen molar-refractivity contribution in [2.75, 3.05) is 26.7 Å². The van der Waals surface area contributed by atoms with Crippen molar-refractivity contribution >= 4 is 15.9 Å². The van der Waals surface area contributed by atoms with Gasteiger partial charge in [0.2, 0.25) is 10.0 Å². The summed E-state index contributed by atoms with van der Waals surface area (Å²) in [5.41, 5.74) is 2.34. The molecule has 3 rings (SSSR count). The van der Waals surface area contributed by atoms with Crippen LogP contribution in [0.15, 0.2) is 48.5 Å². The van der Waals surface area contributed by atoms with Crippen LogP contribution in [0.5, 0.6) is 5.75 Å². The van der Waals surface area contributed by atoms with E-state index in [0.717, 1.165) is 30.6 Å². The number of sulfonamides is 1. The summed E-state index contributed by atoms with van der Waals surface area (Å²) < 4.78 is 31.4. The maximum Gasteiger partial charge on any atom is 0.251 e. The molecule has 0 atom stereocenters. The molecule has 0 bridgehead atoms. The second-order valence-electron chi connectivity index (χ2n) is 6.91. The number of ether oxygens (including phenoxy) is 1. The van der Waals surface area contributed by atoms with Gasteiger partial charge in [-0.05, 0) is 54.7 Å². The summed E-state index contributed by atoms with van der Waals surface area (Å²) in [4.78, 5) is 12.3. The van der Waals surface area contributed by atoms with Crippen LogP contribution in [0.25, 0.3) is 0 Å². The van der Waals surface area contributed by atoms with Crippen LogP contribution in [0, 0.1) is 0 Å². The summed E-state index contributed by atoms with van der Waals surface area (Å²) in [5, 5.41) is 2.89. The maximum absolute atomic E-state index is 12.4. The summed E-state index contributed by atoms with van der Waals surface area (Å²) in [5.74, 6) is 0.619. The largest absolute Gasteiger partial charge is 0.497 e. The first-order chi connectivity index (χ1) is 13.5. The lowest BCUT2D eigenvalue weighted by molar-refractivity contribution is 0.0954. The van der Waals surface area contributed by atoms with Gasteiger partial charge >= 0.3 is 0 Å². The van der Waals surface area contributed by atoms with Crippen LogP contribution in [-0.2, 0) is 22.2 Å². The monoisotopic (exact) mass is 402 g/mol. The van der Waals surface area contributed by atoms with Crippen molar-refractivity contribution in [1.29, 1.82) is 0 Å². The van der Waals surface area contributed by atoms with Crippen molar-refractivity contribution in [3.05, 3.63) is 65.2 Å². The molecule has 2 aromatic rings. The molecule has 1 N–H and O–H groups in total. The van der Waals surface area contributed by atoms with E-state index in [1.807, 2.05) is 24.3 Å². The van der Waals surface area contributed by atoms with Crippen molar-refractivity contribution in [3.63, 3.8) is 0 Å². The van der Waals surface area contributed by atoms with Crippen LogP contribution >= 0.6 is 0 Å². The van der Waals surface area contributed by atoms with Crippen LogP contribution in [-0.4, -0.2) is 45.4 Å². The fourth-order valence-corrected chi connectivity index (χ4v) is 4.85. The number of rotatable bonds is 8. The zero-order valence-electron chi connectivity index (χ0n) is 16.1. The second kappa shape index (κ2) is 9.21. The lowest BCUT2D eigenvalue weighted by Gasteiger charge is -2.15. The number of nitrogens with one attached hydrogen (secondary N) is 1. The van der Waals surface area contributed by atoms with Crippen LogP contribution in [0.1, 0.15) is 34.3 Å². The Labute approximate surface area is 166 Å². The van der Waals surface area contributed by atoms with E-state index >= 15 is 0 Å². The molecule has 0 aliphatic carbocycles. The number of carbonyl (C=O) groups is 1. The SMILES string of the molecule is COc1ccc(CCNC(=O)c2ccc(CS(=O)(=O)N3CCCC3)cc2)cc1. The van der Waals surface area contributed by atoms with Gasteiger partial charge in [0.1, 0.15) is 5.75 Å². The van der Waals surface area contributed by atoms with Crippen LogP contribution in [0.4, 0.5) is 0 Å². The van der Waals surface area contributed by atoms with Gasteiger partial charge in [-0.15, -0.1) is 0 Å². The van der Waals surface area contributed by atoms with E-state index < -0.39 is 10.0 Å². The zero-order valence-corrected chi connectivity index (χ0v) is 16.9. The highest BCUT2D eigenvalue weighted by Crippen LogP contribution is 2.17. The summed E-state index contributed by atoms with van der Waals surface area (Å²) in [6, 6.07) is 14.5. The second-order valence-corrected chi connectivity index (χ2v) is 8.88. The normalized spacial score (nSPS) is 14.8. The van der Waals surface area contributed by atoms with Gasteiger partial charge in [-0.3, -0.25) is 4.79 Å². The van der Waals surface area contributed by atoms with Crippen LogP contribution < -0.4 is 10.1 Å². The van der Waals surface area contributed by atoms with Crippen molar-refractivity contribution < 1.29 is 17.9 Å². The van der Waals surface area contributed by atoms with E-state index in [9.17, 15) is 13.2 Å². The first-order valence-corrected chi connectivity index (χ1v) is 11.1. The Bertz CT molecular complexity index is 887. The van der Waals surface area contributed by atoms with Crippen molar-refractivity contribution in [2.24, 2.45) is 0 Å². The lowest BCUT2D eigenvalue weighted by atomic mass is 10.1. The predicted octanol–water partition coefficient (Wildman–Crippen LogP) is 2.59. The van der Waals surface area contributed by atoms with Gasteiger partial charge < -0.3 is 10.1 Å². The van der Waals surface area contributed by atoms with E-state index in [2.05, 4.69) is 5.32 Å². The van der Waals surface area contributed by atoms with E-state index in [1.165, 1.54) is 0 Å². The number of carbonyl (C=O) groups excluding carboxylic acids is 1. The van der Waals surface area contributed by atoms with Gasteiger partial charge in [-0.25, -0.2) is 12.7 Å². The van der Waals surface area contributed by atoms with Crippen LogP contribution in [0.3, 0.4) is 0 Å². The third kappa shape index (κ3) is 5.33. The van der Waals surface area contributed by atoms with Crippen molar-refractivity contribution in [2.45, 2.75) is 25.0 Å². The number of benzene rings is 2. The van der Waals surface area contributed by atoms with Gasteiger partial charge in [0, 0.05) is 25.2 Å². The minimum Gasteiger partial charge on any atom is -0.497 e. The minimum absolute atomic E-state index is 0.0215. The van der Waals surface area contributed by atoms with Gasteiger partial charge in [0.25, 0.3) is 5.91 Å². The molecule has 0 saturated carbocycles. The Hall–Kier alpha value is -2.38. The van der Waals surface area contributed by atoms with Crippen molar-refractivity contribution in [1.82, 2.24) is 9.62 Å². The molecule has 1 saturated heterocycles. The quantitative estimate of drug-likeness (QED) is 0.736. The van der Waals surface area contributed by atoms with Crippen molar-refractivity contribution in [3.8, 4) is 5.75 Å². The Morgan fingerprint density at radius 1 is 1.00 bits per heavy atom. The first kappa shape index (κ1) is 20.4. The van der Waals surface area contributed by atoms with E-state index in [-0.39, 0.29) is 11.7 Å². The summed E-state index contributed by atoms with van der Waals surface area (Å²) in [6.07, 6.45) is 2.58. The molecular formula is C21H26N2O4S.